The van der Waals surface area contributed by atoms with Gasteiger partial charge in [0.05, 0.1) is 13.2 Å². The van der Waals surface area contributed by atoms with E-state index in [1.165, 1.54) is 6.42 Å². The summed E-state index contributed by atoms with van der Waals surface area (Å²) in [6.45, 7) is 2.34. The number of aliphatic hydroxyl groups is 1. The molecule has 2 rings (SSSR count). The van der Waals surface area contributed by atoms with Gasteiger partial charge < -0.3 is 20.5 Å². The SMILES string of the molecule is COc1cccc(C(O)CNC(=O)NC2CCCC2C)c1. The predicted octanol–water partition coefficient (Wildman–Crippen LogP) is 2.22. The molecule has 1 saturated carbocycles. The first-order valence-electron chi connectivity index (χ1n) is 7.46. The van der Waals surface area contributed by atoms with Crippen LogP contribution < -0.4 is 15.4 Å². The molecule has 0 aliphatic heterocycles. The van der Waals surface area contributed by atoms with E-state index in [4.69, 9.17) is 4.74 Å². The maximum Gasteiger partial charge on any atom is 0.315 e. The Morgan fingerprint density at radius 3 is 2.95 bits per heavy atom. The van der Waals surface area contributed by atoms with Crippen molar-refractivity contribution in [2.45, 2.75) is 38.3 Å². The van der Waals surface area contributed by atoms with E-state index in [2.05, 4.69) is 17.6 Å². The Kier molecular flexibility index (Phi) is 5.44. The summed E-state index contributed by atoms with van der Waals surface area (Å²) in [5, 5.41) is 15.8. The second-order valence-corrected chi connectivity index (χ2v) is 5.66. The van der Waals surface area contributed by atoms with E-state index in [1.54, 1.807) is 13.2 Å². The molecule has 3 atom stereocenters. The highest BCUT2D eigenvalue weighted by Crippen LogP contribution is 2.24. The van der Waals surface area contributed by atoms with Gasteiger partial charge in [0.1, 0.15) is 5.75 Å². The second kappa shape index (κ2) is 7.31. The van der Waals surface area contributed by atoms with Crippen LogP contribution in [0.3, 0.4) is 0 Å². The summed E-state index contributed by atoms with van der Waals surface area (Å²) in [5.74, 6) is 1.22. The monoisotopic (exact) mass is 292 g/mol. The third kappa shape index (κ3) is 4.36. The van der Waals surface area contributed by atoms with Gasteiger partial charge in [0.15, 0.2) is 0 Å². The summed E-state index contributed by atoms with van der Waals surface area (Å²) in [6, 6.07) is 7.25. The molecule has 3 unspecified atom stereocenters. The van der Waals surface area contributed by atoms with Gasteiger partial charge in [-0.05, 0) is 36.5 Å². The molecule has 5 heteroatoms. The lowest BCUT2D eigenvalue weighted by molar-refractivity contribution is 0.171. The number of benzene rings is 1. The van der Waals surface area contributed by atoms with E-state index in [-0.39, 0.29) is 18.6 Å². The molecule has 1 aromatic carbocycles. The highest BCUT2D eigenvalue weighted by atomic mass is 16.5. The fourth-order valence-electron chi connectivity index (χ4n) is 2.74. The Morgan fingerprint density at radius 1 is 1.48 bits per heavy atom. The predicted molar refractivity (Wildman–Crippen MR) is 81.3 cm³/mol. The maximum atomic E-state index is 11.8. The molecule has 0 bridgehead atoms. The standard InChI is InChI=1S/C16H24N2O3/c1-11-5-3-8-14(11)18-16(20)17-10-15(19)12-6-4-7-13(9-12)21-2/h4,6-7,9,11,14-15,19H,3,5,8,10H2,1-2H3,(H2,17,18,20). The van der Waals surface area contributed by atoms with Crippen LogP contribution in [0.1, 0.15) is 37.9 Å². The zero-order valence-corrected chi connectivity index (χ0v) is 12.6. The molecule has 21 heavy (non-hydrogen) atoms. The fourth-order valence-corrected chi connectivity index (χ4v) is 2.74. The number of carbonyl (C=O) groups excluding carboxylic acids is 1. The lowest BCUT2D eigenvalue weighted by atomic mass is 10.1. The molecule has 3 N–H and O–H groups in total. The minimum absolute atomic E-state index is 0.181. The molecule has 1 aromatic rings. The van der Waals surface area contributed by atoms with Crippen molar-refractivity contribution in [3.63, 3.8) is 0 Å². The number of nitrogens with one attached hydrogen (secondary N) is 2. The Morgan fingerprint density at radius 2 is 2.29 bits per heavy atom. The third-order valence-electron chi connectivity index (χ3n) is 4.11. The van der Waals surface area contributed by atoms with E-state index in [0.717, 1.165) is 18.4 Å². The van der Waals surface area contributed by atoms with Gasteiger partial charge >= 0.3 is 6.03 Å². The second-order valence-electron chi connectivity index (χ2n) is 5.66. The molecule has 5 nitrogen and oxygen atoms in total. The first-order chi connectivity index (χ1) is 10.1. The van der Waals surface area contributed by atoms with Gasteiger partial charge in [-0.25, -0.2) is 4.79 Å². The zero-order chi connectivity index (χ0) is 15.2. The smallest absolute Gasteiger partial charge is 0.315 e. The lowest BCUT2D eigenvalue weighted by Gasteiger charge is -2.19. The number of ether oxygens (including phenoxy) is 1. The molecule has 1 fully saturated rings. The number of methoxy groups -OCH3 is 1. The average molecular weight is 292 g/mol. The molecule has 0 heterocycles. The average Bonchev–Trinajstić information content (AvgIpc) is 2.90. The summed E-state index contributed by atoms with van der Waals surface area (Å²) in [6.07, 6.45) is 2.62. The number of hydrogen-bond acceptors (Lipinski definition) is 3. The Balaban J connectivity index is 1.80. The normalized spacial score (nSPS) is 22.6. The largest absolute Gasteiger partial charge is 0.497 e. The van der Waals surface area contributed by atoms with Crippen LogP contribution in [0.25, 0.3) is 0 Å². The Bertz CT molecular complexity index is 478. The van der Waals surface area contributed by atoms with Gasteiger partial charge in [-0.2, -0.15) is 0 Å². The molecular weight excluding hydrogens is 268 g/mol. The zero-order valence-electron chi connectivity index (χ0n) is 12.6. The highest BCUT2D eigenvalue weighted by Gasteiger charge is 2.24. The molecule has 0 radical (unpaired) electrons. The number of amides is 2. The molecular formula is C16H24N2O3. The fraction of sp³-hybridized carbons (Fsp3) is 0.562. The molecule has 1 aliphatic rings. The van der Waals surface area contributed by atoms with Crippen LogP contribution in [0, 0.1) is 5.92 Å². The van der Waals surface area contributed by atoms with Crippen molar-refractivity contribution in [2.75, 3.05) is 13.7 Å². The van der Waals surface area contributed by atoms with E-state index in [0.29, 0.717) is 11.7 Å². The minimum Gasteiger partial charge on any atom is -0.497 e. The van der Waals surface area contributed by atoms with Gasteiger partial charge in [-0.15, -0.1) is 0 Å². The van der Waals surface area contributed by atoms with Crippen molar-refractivity contribution in [2.24, 2.45) is 5.92 Å². The summed E-state index contributed by atoms with van der Waals surface area (Å²) in [4.78, 5) is 11.8. The van der Waals surface area contributed by atoms with E-state index in [1.807, 2.05) is 18.2 Å². The van der Waals surface area contributed by atoms with Crippen LogP contribution in [0.5, 0.6) is 5.75 Å². The molecule has 0 spiro atoms. The number of hydrogen-bond donors (Lipinski definition) is 3. The highest BCUT2D eigenvalue weighted by molar-refractivity contribution is 5.74. The molecule has 1 aliphatic carbocycles. The summed E-state index contributed by atoms with van der Waals surface area (Å²) >= 11 is 0. The van der Waals surface area contributed by atoms with Crippen LogP contribution in [-0.2, 0) is 0 Å². The van der Waals surface area contributed by atoms with Crippen LogP contribution in [-0.4, -0.2) is 30.8 Å². The minimum atomic E-state index is -0.744. The quantitative estimate of drug-likeness (QED) is 0.779. The Hall–Kier alpha value is -1.75. The van der Waals surface area contributed by atoms with E-state index < -0.39 is 6.10 Å². The van der Waals surface area contributed by atoms with Crippen LogP contribution >= 0.6 is 0 Å². The molecule has 0 aromatic heterocycles. The van der Waals surface area contributed by atoms with Gasteiger partial charge in [0, 0.05) is 12.6 Å². The summed E-state index contributed by atoms with van der Waals surface area (Å²) in [7, 11) is 1.58. The Labute approximate surface area is 125 Å². The van der Waals surface area contributed by atoms with Gasteiger partial charge in [-0.1, -0.05) is 25.5 Å². The van der Waals surface area contributed by atoms with Gasteiger partial charge in [-0.3, -0.25) is 0 Å². The van der Waals surface area contributed by atoms with Crippen LogP contribution in [0.15, 0.2) is 24.3 Å². The number of aliphatic hydroxyl groups excluding tert-OH is 1. The van der Waals surface area contributed by atoms with Crippen molar-refractivity contribution in [3.05, 3.63) is 29.8 Å². The van der Waals surface area contributed by atoms with Gasteiger partial charge in [0.25, 0.3) is 0 Å². The first-order valence-corrected chi connectivity index (χ1v) is 7.46. The van der Waals surface area contributed by atoms with Crippen molar-refractivity contribution >= 4 is 6.03 Å². The lowest BCUT2D eigenvalue weighted by Crippen LogP contribution is -2.44. The van der Waals surface area contributed by atoms with Crippen LogP contribution in [0.2, 0.25) is 0 Å². The van der Waals surface area contributed by atoms with Crippen molar-refractivity contribution in [1.82, 2.24) is 10.6 Å². The van der Waals surface area contributed by atoms with E-state index in [9.17, 15) is 9.90 Å². The van der Waals surface area contributed by atoms with Crippen LogP contribution in [0.4, 0.5) is 4.79 Å². The topological polar surface area (TPSA) is 70.6 Å². The van der Waals surface area contributed by atoms with Crippen molar-refractivity contribution in [1.29, 1.82) is 0 Å². The molecule has 116 valence electrons. The number of urea groups is 1. The summed E-state index contributed by atoms with van der Waals surface area (Å²) in [5.41, 5.74) is 0.726. The molecule has 0 saturated heterocycles. The number of carbonyl (C=O) groups is 1. The van der Waals surface area contributed by atoms with Crippen molar-refractivity contribution in [3.8, 4) is 5.75 Å². The number of rotatable bonds is 5. The first kappa shape index (κ1) is 15.6. The third-order valence-corrected chi connectivity index (χ3v) is 4.11. The summed E-state index contributed by atoms with van der Waals surface area (Å²) < 4.78 is 5.12. The van der Waals surface area contributed by atoms with E-state index >= 15 is 0 Å². The van der Waals surface area contributed by atoms with Gasteiger partial charge in [0.2, 0.25) is 0 Å². The maximum absolute atomic E-state index is 11.8. The molecule has 2 amide bonds. The van der Waals surface area contributed by atoms with Crippen molar-refractivity contribution < 1.29 is 14.6 Å².